The van der Waals surface area contributed by atoms with Gasteiger partial charge in [-0.05, 0) is 74.3 Å². The Kier molecular flexibility index (Phi) is 4.43. The number of hydrogen-bond donors (Lipinski definition) is 1. The first-order valence-electron chi connectivity index (χ1n) is 8.95. The average molecular weight is 367 g/mol. The van der Waals surface area contributed by atoms with E-state index >= 15 is 0 Å². The summed E-state index contributed by atoms with van der Waals surface area (Å²) < 4.78 is 25.9. The Hall–Kier alpha value is -2.36. The summed E-state index contributed by atoms with van der Waals surface area (Å²) in [6.45, 7) is 3.03. The van der Waals surface area contributed by atoms with Crippen molar-refractivity contribution in [2.24, 2.45) is 0 Å². The molecule has 2 aliphatic heterocycles. The normalized spacial score (nSPS) is 17.7. The van der Waals surface area contributed by atoms with Crippen molar-refractivity contribution in [2.45, 2.75) is 35.1 Å². The van der Waals surface area contributed by atoms with Crippen molar-refractivity contribution in [1.29, 1.82) is 5.26 Å². The van der Waals surface area contributed by atoms with E-state index in [0.717, 1.165) is 44.5 Å². The molecule has 0 spiro atoms. The maximum atomic E-state index is 13.0. The molecule has 1 N–H and O–H groups in total. The number of hydrogen-bond acceptors (Lipinski definition) is 5. The molecule has 4 rings (SSSR count). The van der Waals surface area contributed by atoms with E-state index in [1.54, 1.807) is 24.3 Å². The van der Waals surface area contributed by atoms with Crippen LogP contribution < -0.4 is 10.2 Å². The molecule has 5 nitrogen and oxygen atoms in total. The summed E-state index contributed by atoms with van der Waals surface area (Å²) in [5.41, 5.74) is 2.62. The van der Waals surface area contributed by atoms with Gasteiger partial charge in [0.25, 0.3) is 0 Å². The fourth-order valence-corrected chi connectivity index (χ4v) is 5.29. The molecule has 0 unspecified atom stereocenters. The first-order chi connectivity index (χ1) is 12.6. The number of rotatable bonds is 3. The van der Waals surface area contributed by atoms with E-state index in [4.69, 9.17) is 5.26 Å². The lowest BCUT2D eigenvalue weighted by molar-refractivity contribution is 0.435. The van der Waals surface area contributed by atoms with Crippen LogP contribution in [0, 0.1) is 11.3 Å². The van der Waals surface area contributed by atoms with Gasteiger partial charge in [-0.25, -0.2) is 8.42 Å². The third-order valence-electron chi connectivity index (χ3n) is 5.32. The SMILES string of the molecule is N#Cc1cccc(S(=O)(=O)c2ccc3c(c2)CCN3C2CCNCC2)c1. The van der Waals surface area contributed by atoms with E-state index in [1.165, 1.54) is 11.8 Å². The molecule has 2 heterocycles. The Morgan fingerprint density at radius 3 is 2.62 bits per heavy atom. The van der Waals surface area contributed by atoms with Crippen LogP contribution in [0.4, 0.5) is 5.69 Å². The molecule has 0 aliphatic carbocycles. The predicted molar refractivity (Wildman–Crippen MR) is 100.0 cm³/mol. The highest BCUT2D eigenvalue weighted by Crippen LogP contribution is 2.34. The molecule has 2 aromatic carbocycles. The molecule has 0 amide bonds. The van der Waals surface area contributed by atoms with Gasteiger partial charge in [0.2, 0.25) is 9.84 Å². The van der Waals surface area contributed by atoms with Crippen LogP contribution in [0.1, 0.15) is 24.0 Å². The summed E-state index contributed by atoms with van der Waals surface area (Å²) in [7, 11) is -3.62. The first kappa shape index (κ1) is 17.1. The van der Waals surface area contributed by atoms with Gasteiger partial charge in [0, 0.05) is 18.3 Å². The molecule has 0 saturated carbocycles. The number of anilines is 1. The third-order valence-corrected chi connectivity index (χ3v) is 7.06. The number of nitrogens with one attached hydrogen (secondary N) is 1. The minimum atomic E-state index is -3.62. The standard InChI is InChI=1S/C20H21N3O2S/c21-14-15-2-1-3-18(12-15)26(24,25)19-4-5-20-16(13-19)8-11-23(20)17-6-9-22-10-7-17/h1-5,12-13,17,22H,6-11H2. The van der Waals surface area contributed by atoms with Crippen LogP contribution in [0.25, 0.3) is 0 Å². The van der Waals surface area contributed by atoms with Crippen molar-refractivity contribution in [2.75, 3.05) is 24.5 Å². The third kappa shape index (κ3) is 2.98. The number of piperidine rings is 1. The van der Waals surface area contributed by atoms with Crippen LogP contribution in [-0.2, 0) is 16.3 Å². The van der Waals surface area contributed by atoms with Crippen LogP contribution in [0.2, 0.25) is 0 Å². The van der Waals surface area contributed by atoms with E-state index < -0.39 is 9.84 Å². The van der Waals surface area contributed by atoms with Crippen molar-refractivity contribution in [3.05, 3.63) is 53.6 Å². The van der Waals surface area contributed by atoms with Crippen molar-refractivity contribution in [3.8, 4) is 6.07 Å². The topological polar surface area (TPSA) is 73.2 Å². The van der Waals surface area contributed by atoms with E-state index in [2.05, 4.69) is 10.2 Å². The lowest BCUT2D eigenvalue weighted by atomic mass is 10.0. The van der Waals surface area contributed by atoms with Gasteiger partial charge in [-0.15, -0.1) is 0 Å². The van der Waals surface area contributed by atoms with Crippen LogP contribution in [-0.4, -0.2) is 34.1 Å². The fraction of sp³-hybridized carbons (Fsp3) is 0.350. The maximum Gasteiger partial charge on any atom is 0.206 e. The van der Waals surface area contributed by atoms with Crippen LogP contribution in [0.15, 0.2) is 52.3 Å². The number of fused-ring (bicyclic) bond motifs is 1. The molecular weight excluding hydrogens is 346 g/mol. The van der Waals surface area contributed by atoms with Crippen molar-refractivity contribution in [1.82, 2.24) is 5.32 Å². The number of nitriles is 1. The molecular formula is C20H21N3O2S. The second-order valence-corrected chi connectivity index (χ2v) is 8.81. The van der Waals surface area contributed by atoms with E-state index in [9.17, 15) is 8.42 Å². The Balaban J connectivity index is 1.66. The number of benzene rings is 2. The molecule has 0 radical (unpaired) electrons. The Bertz CT molecular complexity index is 973. The highest BCUT2D eigenvalue weighted by atomic mass is 32.2. The van der Waals surface area contributed by atoms with Crippen LogP contribution in [0.5, 0.6) is 0 Å². The zero-order chi connectivity index (χ0) is 18.1. The summed E-state index contributed by atoms with van der Waals surface area (Å²) >= 11 is 0. The lowest BCUT2D eigenvalue weighted by Gasteiger charge is -2.33. The van der Waals surface area contributed by atoms with E-state index in [1.807, 2.05) is 18.2 Å². The van der Waals surface area contributed by atoms with Crippen LogP contribution >= 0.6 is 0 Å². The molecule has 1 fully saturated rings. The van der Waals surface area contributed by atoms with E-state index in [0.29, 0.717) is 16.5 Å². The summed E-state index contributed by atoms with van der Waals surface area (Å²) in [5, 5.41) is 12.4. The Morgan fingerprint density at radius 2 is 1.85 bits per heavy atom. The first-order valence-corrected chi connectivity index (χ1v) is 10.4. The minimum absolute atomic E-state index is 0.171. The molecule has 0 atom stereocenters. The summed E-state index contributed by atoms with van der Waals surface area (Å²) in [6, 6.07) is 14.2. The van der Waals surface area contributed by atoms with Gasteiger partial charge in [-0.1, -0.05) is 6.07 Å². The van der Waals surface area contributed by atoms with Crippen LogP contribution in [0.3, 0.4) is 0 Å². The highest BCUT2D eigenvalue weighted by Gasteiger charge is 2.29. The summed E-state index contributed by atoms with van der Waals surface area (Å²) in [6.07, 6.45) is 3.13. The molecule has 6 heteroatoms. The van der Waals surface area contributed by atoms with Gasteiger partial charge in [0.05, 0.1) is 21.4 Å². The molecule has 26 heavy (non-hydrogen) atoms. The molecule has 0 aromatic heterocycles. The zero-order valence-corrected chi connectivity index (χ0v) is 15.3. The number of nitrogens with zero attached hydrogens (tertiary/aromatic N) is 2. The summed E-state index contributed by atoms with van der Waals surface area (Å²) in [4.78, 5) is 2.91. The molecule has 0 bridgehead atoms. The smallest absolute Gasteiger partial charge is 0.206 e. The van der Waals surface area contributed by atoms with Gasteiger partial charge in [0.15, 0.2) is 0 Å². The minimum Gasteiger partial charge on any atom is -0.368 e. The Labute approximate surface area is 154 Å². The largest absolute Gasteiger partial charge is 0.368 e. The van der Waals surface area contributed by atoms with Gasteiger partial charge < -0.3 is 10.2 Å². The molecule has 2 aromatic rings. The summed E-state index contributed by atoms with van der Waals surface area (Å²) in [5.74, 6) is 0. The van der Waals surface area contributed by atoms with Gasteiger partial charge in [-0.3, -0.25) is 0 Å². The molecule has 1 saturated heterocycles. The van der Waals surface area contributed by atoms with E-state index in [-0.39, 0.29) is 4.90 Å². The average Bonchev–Trinajstić information content (AvgIpc) is 3.12. The molecule has 134 valence electrons. The van der Waals surface area contributed by atoms with Crippen molar-refractivity contribution < 1.29 is 8.42 Å². The van der Waals surface area contributed by atoms with Gasteiger partial charge in [0.1, 0.15) is 0 Å². The number of sulfone groups is 1. The van der Waals surface area contributed by atoms with Crippen molar-refractivity contribution in [3.63, 3.8) is 0 Å². The predicted octanol–water partition coefficient (Wildman–Crippen LogP) is 2.51. The zero-order valence-electron chi connectivity index (χ0n) is 14.5. The quantitative estimate of drug-likeness (QED) is 0.902. The van der Waals surface area contributed by atoms with Gasteiger partial charge >= 0.3 is 0 Å². The van der Waals surface area contributed by atoms with Crippen molar-refractivity contribution >= 4 is 15.5 Å². The highest BCUT2D eigenvalue weighted by molar-refractivity contribution is 7.91. The van der Waals surface area contributed by atoms with Gasteiger partial charge in [-0.2, -0.15) is 5.26 Å². The second kappa shape index (κ2) is 6.75. The monoisotopic (exact) mass is 367 g/mol. The fourth-order valence-electron chi connectivity index (χ4n) is 3.94. The second-order valence-electron chi connectivity index (χ2n) is 6.86. The Morgan fingerprint density at radius 1 is 1.08 bits per heavy atom. The lowest BCUT2D eigenvalue weighted by Crippen LogP contribution is -2.42. The molecule has 2 aliphatic rings. The maximum absolute atomic E-state index is 13.0.